The van der Waals surface area contributed by atoms with Crippen molar-refractivity contribution in [2.75, 3.05) is 5.32 Å². The Kier molecular flexibility index (Phi) is 3.78. The third kappa shape index (κ3) is 3.09. The highest BCUT2D eigenvalue weighted by atomic mass is 16.5. The number of nitrogens with one attached hydrogen (secondary N) is 1. The Bertz CT molecular complexity index is 769. The molecule has 0 saturated heterocycles. The Hall–Kier alpha value is -3.22. The first-order chi connectivity index (χ1) is 10.7. The fourth-order valence-electron chi connectivity index (χ4n) is 1.74. The third-order valence-electron chi connectivity index (χ3n) is 2.83. The molecule has 0 bridgehead atoms. The van der Waals surface area contributed by atoms with E-state index in [1.165, 1.54) is 18.6 Å². The van der Waals surface area contributed by atoms with Crippen LogP contribution >= 0.6 is 0 Å². The van der Waals surface area contributed by atoms with Gasteiger partial charge in [-0.2, -0.15) is 0 Å². The van der Waals surface area contributed by atoms with Crippen molar-refractivity contribution in [2.24, 2.45) is 0 Å². The van der Waals surface area contributed by atoms with Gasteiger partial charge in [-0.15, -0.1) is 0 Å². The molecule has 0 spiro atoms. The molecule has 110 valence electrons. The van der Waals surface area contributed by atoms with E-state index in [1.54, 1.807) is 19.1 Å². The number of rotatable bonds is 4. The number of aromatic nitrogens is 3. The van der Waals surface area contributed by atoms with E-state index in [2.05, 4.69) is 20.4 Å². The van der Waals surface area contributed by atoms with Gasteiger partial charge in [0.2, 0.25) is 0 Å². The van der Waals surface area contributed by atoms with E-state index < -0.39 is 0 Å². The van der Waals surface area contributed by atoms with Gasteiger partial charge in [-0.3, -0.25) is 4.79 Å². The summed E-state index contributed by atoms with van der Waals surface area (Å²) < 4.78 is 10.3. The summed E-state index contributed by atoms with van der Waals surface area (Å²) >= 11 is 0. The molecule has 2 heterocycles. The summed E-state index contributed by atoms with van der Waals surface area (Å²) in [6.45, 7) is 1.66. The highest BCUT2D eigenvalue weighted by molar-refractivity contribution is 6.04. The van der Waals surface area contributed by atoms with Crippen LogP contribution in [-0.4, -0.2) is 21.0 Å². The summed E-state index contributed by atoms with van der Waals surface area (Å²) in [5, 5.41) is 6.22. The largest absolute Gasteiger partial charge is 0.424 e. The third-order valence-corrected chi connectivity index (χ3v) is 2.83. The minimum absolute atomic E-state index is 0.199. The lowest BCUT2D eigenvalue weighted by Crippen LogP contribution is -2.12. The van der Waals surface area contributed by atoms with Gasteiger partial charge in [0.05, 0.1) is 24.3 Å². The Balaban J connectivity index is 1.67. The number of para-hydroxylation sites is 1. The molecule has 7 heteroatoms. The van der Waals surface area contributed by atoms with Crippen LogP contribution < -0.4 is 10.1 Å². The molecule has 0 aliphatic carbocycles. The molecule has 0 fully saturated rings. The second-order valence-corrected chi connectivity index (χ2v) is 4.42. The number of hydrogen-bond donors (Lipinski definition) is 1. The van der Waals surface area contributed by atoms with Crippen LogP contribution in [0.4, 0.5) is 5.69 Å². The van der Waals surface area contributed by atoms with Crippen molar-refractivity contribution in [3.05, 3.63) is 60.2 Å². The average molecular weight is 296 g/mol. The van der Waals surface area contributed by atoms with Gasteiger partial charge in [-0.05, 0) is 19.1 Å². The second kappa shape index (κ2) is 6.04. The van der Waals surface area contributed by atoms with Gasteiger partial charge in [-0.25, -0.2) is 9.97 Å². The number of hydrogen-bond acceptors (Lipinski definition) is 6. The minimum atomic E-state index is -0.334. The highest BCUT2D eigenvalue weighted by Gasteiger charge is 2.13. The van der Waals surface area contributed by atoms with E-state index >= 15 is 0 Å². The van der Waals surface area contributed by atoms with Gasteiger partial charge in [0.25, 0.3) is 5.91 Å². The summed E-state index contributed by atoms with van der Waals surface area (Å²) in [6, 6.07) is 9.39. The fourth-order valence-corrected chi connectivity index (χ4v) is 1.74. The van der Waals surface area contributed by atoms with Crippen LogP contribution in [0.25, 0.3) is 0 Å². The number of carbonyl (C=O) groups excluding carboxylic acids is 1. The van der Waals surface area contributed by atoms with E-state index in [0.717, 1.165) is 0 Å². The predicted molar refractivity (Wildman–Crippen MR) is 77.7 cm³/mol. The van der Waals surface area contributed by atoms with Crippen molar-refractivity contribution < 1.29 is 14.1 Å². The van der Waals surface area contributed by atoms with Gasteiger partial charge < -0.3 is 14.6 Å². The first kappa shape index (κ1) is 13.7. The summed E-state index contributed by atoms with van der Waals surface area (Å²) in [6.07, 6.45) is 4.29. The van der Waals surface area contributed by atoms with Gasteiger partial charge in [-0.1, -0.05) is 23.4 Å². The van der Waals surface area contributed by atoms with Gasteiger partial charge in [0.1, 0.15) is 17.1 Å². The van der Waals surface area contributed by atoms with E-state index in [9.17, 15) is 4.79 Å². The molecular formula is C15H12N4O3. The molecule has 1 aromatic carbocycles. The number of nitrogens with zero attached hydrogens (tertiary/aromatic N) is 3. The number of anilines is 1. The van der Waals surface area contributed by atoms with Crippen LogP contribution in [0.3, 0.4) is 0 Å². The smallest absolute Gasteiger partial charge is 0.322 e. The Labute approximate surface area is 126 Å². The second-order valence-electron chi connectivity index (χ2n) is 4.42. The minimum Gasteiger partial charge on any atom is -0.424 e. The van der Waals surface area contributed by atoms with Crippen molar-refractivity contribution in [3.63, 3.8) is 0 Å². The van der Waals surface area contributed by atoms with Crippen LogP contribution in [-0.2, 0) is 0 Å². The van der Waals surface area contributed by atoms with E-state index in [0.29, 0.717) is 22.8 Å². The molecule has 0 radical (unpaired) electrons. The summed E-state index contributed by atoms with van der Waals surface area (Å²) in [7, 11) is 0. The SMILES string of the molecule is Cc1oncc1C(=O)Nc1cnc(Oc2ccccc2)nc1. The summed E-state index contributed by atoms with van der Waals surface area (Å²) in [5.74, 6) is 0.751. The average Bonchev–Trinajstić information content (AvgIpc) is 2.96. The van der Waals surface area contributed by atoms with Gasteiger partial charge in [0, 0.05) is 0 Å². The molecule has 1 amide bonds. The maximum atomic E-state index is 12.0. The van der Waals surface area contributed by atoms with Crippen molar-refractivity contribution in [2.45, 2.75) is 6.92 Å². The first-order valence-electron chi connectivity index (χ1n) is 6.50. The van der Waals surface area contributed by atoms with Crippen molar-refractivity contribution in [1.82, 2.24) is 15.1 Å². The van der Waals surface area contributed by atoms with Crippen LogP contribution in [0, 0.1) is 6.92 Å². The number of ether oxygens (including phenoxy) is 1. The zero-order valence-electron chi connectivity index (χ0n) is 11.7. The maximum Gasteiger partial charge on any atom is 0.322 e. The molecule has 0 aliphatic rings. The quantitative estimate of drug-likeness (QED) is 0.796. The predicted octanol–water partition coefficient (Wildman–Crippen LogP) is 2.82. The molecule has 2 aromatic heterocycles. The number of benzene rings is 1. The lowest BCUT2D eigenvalue weighted by Gasteiger charge is -2.05. The molecule has 0 atom stereocenters. The zero-order chi connectivity index (χ0) is 15.4. The molecule has 7 nitrogen and oxygen atoms in total. The molecule has 3 aromatic rings. The van der Waals surface area contributed by atoms with Crippen molar-refractivity contribution >= 4 is 11.6 Å². The Morgan fingerprint density at radius 1 is 1.14 bits per heavy atom. The molecule has 3 rings (SSSR count). The Morgan fingerprint density at radius 3 is 2.50 bits per heavy atom. The van der Waals surface area contributed by atoms with Crippen LogP contribution in [0.2, 0.25) is 0 Å². The van der Waals surface area contributed by atoms with Gasteiger partial charge in [0.15, 0.2) is 0 Å². The molecule has 0 saturated carbocycles. The van der Waals surface area contributed by atoms with Gasteiger partial charge >= 0.3 is 6.01 Å². The van der Waals surface area contributed by atoms with Crippen LogP contribution in [0.1, 0.15) is 16.1 Å². The summed E-state index contributed by atoms with van der Waals surface area (Å²) in [4.78, 5) is 20.1. The van der Waals surface area contributed by atoms with E-state index in [-0.39, 0.29) is 11.9 Å². The van der Waals surface area contributed by atoms with Crippen LogP contribution in [0.15, 0.2) is 53.4 Å². The molecule has 1 N–H and O–H groups in total. The first-order valence-corrected chi connectivity index (χ1v) is 6.50. The summed E-state index contributed by atoms with van der Waals surface area (Å²) in [5.41, 5.74) is 0.815. The highest BCUT2D eigenvalue weighted by Crippen LogP contribution is 2.17. The van der Waals surface area contributed by atoms with Crippen LogP contribution in [0.5, 0.6) is 11.8 Å². The maximum absolute atomic E-state index is 12.0. The standard InChI is InChI=1S/C15H12N4O3/c1-10-13(9-18-22-10)14(20)19-11-7-16-15(17-8-11)21-12-5-3-2-4-6-12/h2-9H,1H3,(H,19,20). The van der Waals surface area contributed by atoms with E-state index in [1.807, 2.05) is 18.2 Å². The zero-order valence-corrected chi connectivity index (χ0v) is 11.7. The Morgan fingerprint density at radius 2 is 1.86 bits per heavy atom. The molecular weight excluding hydrogens is 284 g/mol. The van der Waals surface area contributed by atoms with Crippen molar-refractivity contribution in [1.29, 1.82) is 0 Å². The van der Waals surface area contributed by atoms with Crippen molar-refractivity contribution in [3.8, 4) is 11.8 Å². The number of carbonyl (C=O) groups is 1. The normalized spacial score (nSPS) is 10.2. The fraction of sp³-hybridized carbons (Fsp3) is 0.0667. The number of aryl methyl sites for hydroxylation is 1. The molecule has 0 unspecified atom stereocenters. The topological polar surface area (TPSA) is 90.1 Å². The molecule has 0 aliphatic heterocycles. The molecule has 22 heavy (non-hydrogen) atoms. The monoisotopic (exact) mass is 296 g/mol. The lowest BCUT2D eigenvalue weighted by atomic mass is 10.2. The lowest BCUT2D eigenvalue weighted by molar-refractivity contribution is 0.102. The van der Waals surface area contributed by atoms with E-state index in [4.69, 9.17) is 9.26 Å². The number of amides is 1.